The number of nitrogens with zero attached hydrogens (tertiary/aromatic N) is 2. The lowest BCUT2D eigenvalue weighted by Gasteiger charge is -2.45. The highest BCUT2D eigenvalue weighted by molar-refractivity contribution is 6.88. The Morgan fingerprint density at radius 3 is 1.73 bits per heavy atom. The standard InChI is InChI=1S/C55H73BN2O/c1-17-36-26-31-57(39-22-18-37(19-23-39)50(3,4)5)45-34-42-41(52(9,10)27-28-53(42,11)12)33-43(45)56-35(2)44(32-36)58(40-24-20-38(21-25-40)51(6,7)8)47-46-48(59-49(47)56)55(15,16)30-29-54(46,13)14/h18-26,32-35H,17,27-31H2,1-16H3. The van der Waals surface area contributed by atoms with Crippen LogP contribution in [0.2, 0.25) is 5.82 Å². The molecule has 4 heteroatoms. The van der Waals surface area contributed by atoms with E-state index in [1.165, 1.54) is 85.9 Å². The van der Waals surface area contributed by atoms with E-state index in [0.29, 0.717) is 0 Å². The molecular weight excluding hydrogens is 715 g/mol. The Morgan fingerprint density at radius 2 is 1.19 bits per heavy atom. The zero-order chi connectivity index (χ0) is 42.8. The highest BCUT2D eigenvalue weighted by Gasteiger charge is 2.52. The number of hydrogen-bond acceptors (Lipinski definition) is 3. The molecule has 2 aliphatic heterocycles. The topological polar surface area (TPSA) is 19.6 Å². The molecular formula is C55H73BN2O. The van der Waals surface area contributed by atoms with Crippen LogP contribution in [0.4, 0.5) is 22.7 Å². The molecule has 312 valence electrons. The molecule has 59 heavy (non-hydrogen) atoms. The smallest absolute Gasteiger partial charge is 0.269 e. The Bertz CT molecular complexity index is 2330. The molecule has 2 bridgehead atoms. The molecule has 3 aromatic carbocycles. The average Bonchev–Trinajstić information content (AvgIpc) is 3.57. The van der Waals surface area contributed by atoms with Crippen molar-refractivity contribution in [2.75, 3.05) is 16.3 Å². The lowest BCUT2D eigenvalue weighted by atomic mass is 9.33. The minimum atomic E-state index is -0.0738. The summed E-state index contributed by atoms with van der Waals surface area (Å²) in [5.74, 6) is 1.32. The van der Waals surface area contributed by atoms with Crippen LogP contribution >= 0.6 is 0 Å². The van der Waals surface area contributed by atoms with E-state index in [2.05, 4.69) is 193 Å². The Balaban J connectivity index is 1.50. The number of anilines is 4. The van der Waals surface area contributed by atoms with E-state index in [1.54, 1.807) is 0 Å². The quantitative estimate of drug-likeness (QED) is 0.193. The van der Waals surface area contributed by atoms with E-state index >= 15 is 0 Å². The van der Waals surface area contributed by atoms with E-state index < -0.39 is 0 Å². The number of furan rings is 1. The SMILES string of the molecule is CCC1=CCN(c2ccc(C(C)(C)C)cc2)c2cc3c(cc2B2c4oc5c(c4N(c4ccc(C(C)(C)C)cc4)C(=C1)C2C)C(C)(C)CCC5(C)C)C(C)(C)CCC3(C)C. The first-order valence-electron chi connectivity index (χ1n) is 22.9. The van der Waals surface area contributed by atoms with Crippen LogP contribution in [0.5, 0.6) is 0 Å². The van der Waals surface area contributed by atoms with Gasteiger partial charge in [-0.15, -0.1) is 0 Å². The van der Waals surface area contributed by atoms with Crippen molar-refractivity contribution in [1.82, 2.24) is 0 Å². The maximum absolute atomic E-state index is 7.67. The van der Waals surface area contributed by atoms with Crippen LogP contribution in [0.3, 0.4) is 0 Å². The Labute approximate surface area is 358 Å². The second-order valence-corrected chi connectivity index (χ2v) is 23.5. The van der Waals surface area contributed by atoms with Gasteiger partial charge in [-0.05, 0) is 135 Å². The van der Waals surface area contributed by atoms with Gasteiger partial charge in [-0.2, -0.15) is 0 Å². The van der Waals surface area contributed by atoms with Crippen molar-refractivity contribution in [3.63, 3.8) is 0 Å². The van der Waals surface area contributed by atoms with Gasteiger partial charge in [0.2, 0.25) is 0 Å². The van der Waals surface area contributed by atoms with Gasteiger partial charge >= 0.3 is 0 Å². The van der Waals surface area contributed by atoms with Crippen LogP contribution < -0.4 is 20.9 Å². The summed E-state index contributed by atoms with van der Waals surface area (Å²) in [7, 11) is 0. The van der Waals surface area contributed by atoms with Gasteiger partial charge in [0.25, 0.3) is 6.71 Å². The molecule has 0 fully saturated rings. The van der Waals surface area contributed by atoms with Crippen LogP contribution in [-0.4, -0.2) is 13.3 Å². The molecule has 0 saturated carbocycles. The molecule has 0 radical (unpaired) electrons. The zero-order valence-electron chi connectivity index (χ0n) is 39.6. The van der Waals surface area contributed by atoms with Gasteiger partial charge in [-0.3, -0.25) is 0 Å². The Hall–Kier alpha value is -3.92. The van der Waals surface area contributed by atoms with Gasteiger partial charge in [-0.1, -0.05) is 147 Å². The summed E-state index contributed by atoms with van der Waals surface area (Å²) in [4.78, 5) is 5.28. The predicted molar refractivity (Wildman–Crippen MR) is 256 cm³/mol. The molecule has 8 rings (SSSR count). The van der Waals surface area contributed by atoms with E-state index in [9.17, 15) is 0 Å². The van der Waals surface area contributed by atoms with Gasteiger partial charge in [0.15, 0.2) is 0 Å². The van der Waals surface area contributed by atoms with E-state index in [0.717, 1.165) is 31.5 Å². The van der Waals surface area contributed by atoms with Crippen LogP contribution in [0.25, 0.3) is 0 Å². The van der Waals surface area contributed by atoms with Crippen molar-refractivity contribution in [1.29, 1.82) is 0 Å². The summed E-state index contributed by atoms with van der Waals surface area (Å²) in [6.07, 6.45) is 10.6. The molecule has 1 unspecified atom stereocenters. The van der Waals surface area contributed by atoms with Crippen molar-refractivity contribution in [3.8, 4) is 0 Å². The van der Waals surface area contributed by atoms with Crippen LogP contribution in [0, 0.1) is 0 Å². The third kappa shape index (κ3) is 6.97. The van der Waals surface area contributed by atoms with Crippen LogP contribution in [0.1, 0.15) is 176 Å². The highest BCUT2D eigenvalue weighted by Crippen LogP contribution is 2.55. The maximum atomic E-state index is 7.67. The number of fused-ring (bicyclic) bond motifs is 9. The number of allylic oxidation sites excluding steroid dienone is 3. The molecule has 1 aromatic heterocycles. The fourth-order valence-electron chi connectivity index (χ4n) is 10.9. The molecule has 1 atom stereocenters. The predicted octanol–water partition coefficient (Wildman–Crippen LogP) is 14.1. The lowest BCUT2D eigenvalue weighted by Crippen LogP contribution is -2.54. The van der Waals surface area contributed by atoms with Gasteiger partial charge < -0.3 is 14.2 Å². The van der Waals surface area contributed by atoms with Crippen molar-refractivity contribution < 1.29 is 4.42 Å². The van der Waals surface area contributed by atoms with Crippen molar-refractivity contribution in [2.45, 2.75) is 181 Å². The number of hydrogen-bond donors (Lipinski definition) is 0. The number of rotatable bonds is 3. The third-order valence-electron chi connectivity index (χ3n) is 15.2. The van der Waals surface area contributed by atoms with Crippen molar-refractivity contribution in [3.05, 3.63) is 118 Å². The lowest BCUT2D eigenvalue weighted by molar-refractivity contribution is 0.282. The summed E-state index contributed by atoms with van der Waals surface area (Å²) in [5.41, 5.74) is 17.7. The molecule has 3 nitrogen and oxygen atoms in total. The summed E-state index contributed by atoms with van der Waals surface area (Å²) in [6, 6.07) is 24.2. The summed E-state index contributed by atoms with van der Waals surface area (Å²) < 4.78 is 7.67. The van der Waals surface area contributed by atoms with Gasteiger partial charge in [0, 0.05) is 40.3 Å². The van der Waals surface area contributed by atoms with E-state index in [1.807, 2.05) is 0 Å². The molecule has 0 amide bonds. The summed E-state index contributed by atoms with van der Waals surface area (Å²) in [5, 5.41) is 0. The molecule has 0 saturated heterocycles. The number of benzene rings is 3. The minimum absolute atomic E-state index is 0.0206. The normalized spacial score (nSPS) is 21.8. The van der Waals surface area contributed by atoms with Gasteiger partial charge in [0.1, 0.15) is 5.76 Å². The second-order valence-electron chi connectivity index (χ2n) is 23.5. The molecule has 0 N–H and O–H groups in total. The maximum Gasteiger partial charge on any atom is 0.269 e. The Kier molecular flexibility index (Phi) is 9.78. The van der Waals surface area contributed by atoms with Crippen LogP contribution in [0.15, 0.2) is 88.5 Å². The van der Waals surface area contributed by atoms with Crippen molar-refractivity contribution >= 4 is 40.6 Å². The van der Waals surface area contributed by atoms with Crippen LogP contribution in [-0.2, 0) is 32.5 Å². The van der Waals surface area contributed by atoms with Crippen molar-refractivity contribution in [2.24, 2.45) is 0 Å². The monoisotopic (exact) mass is 789 g/mol. The fourth-order valence-corrected chi connectivity index (χ4v) is 10.9. The van der Waals surface area contributed by atoms with Gasteiger partial charge in [-0.25, -0.2) is 0 Å². The largest absolute Gasteiger partial charge is 0.473 e. The first-order chi connectivity index (χ1) is 27.4. The molecule has 3 heterocycles. The van der Waals surface area contributed by atoms with Gasteiger partial charge in [0.05, 0.1) is 11.3 Å². The minimum Gasteiger partial charge on any atom is -0.473 e. The van der Waals surface area contributed by atoms with E-state index in [4.69, 9.17) is 4.42 Å². The molecule has 2 aliphatic carbocycles. The molecule has 0 spiro atoms. The molecule has 4 aliphatic rings. The Morgan fingerprint density at radius 1 is 0.678 bits per heavy atom. The van der Waals surface area contributed by atoms with E-state index in [-0.39, 0.29) is 45.0 Å². The average molecular weight is 789 g/mol. The summed E-state index contributed by atoms with van der Waals surface area (Å²) in [6.45, 7) is 39.2. The zero-order valence-corrected chi connectivity index (χ0v) is 39.6. The fraction of sp³-hybridized carbons (Fsp3) is 0.527. The first-order valence-corrected chi connectivity index (χ1v) is 22.9. The second kappa shape index (κ2) is 13.8. The third-order valence-corrected chi connectivity index (χ3v) is 15.2. The molecule has 4 aromatic rings. The first kappa shape index (κ1) is 41.8. The highest BCUT2D eigenvalue weighted by atomic mass is 16.3. The summed E-state index contributed by atoms with van der Waals surface area (Å²) >= 11 is 0.